The maximum Gasteiger partial charge on any atom is 0.245 e. The van der Waals surface area contributed by atoms with Crippen molar-refractivity contribution in [1.29, 1.82) is 0 Å². The summed E-state index contributed by atoms with van der Waals surface area (Å²) in [5.74, 6) is 0.538. The Hall–Kier alpha value is -1.92. The van der Waals surface area contributed by atoms with Crippen LogP contribution in [0.4, 0.5) is 0 Å². The van der Waals surface area contributed by atoms with Gasteiger partial charge in [-0.25, -0.2) is 0 Å². The zero-order chi connectivity index (χ0) is 18.6. The van der Waals surface area contributed by atoms with Gasteiger partial charge in [-0.2, -0.15) is 0 Å². The quantitative estimate of drug-likeness (QED) is 0.809. The molecule has 1 aromatic rings. The van der Waals surface area contributed by atoms with Crippen LogP contribution in [0, 0.1) is 5.92 Å². The van der Waals surface area contributed by atoms with E-state index in [1.54, 1.807) is 4.90 Å². The van der Waals surface area contributed by atoms with E-state index in [-0.39, 0.29) is 24.1 Å². The second kappa shape index (κ2) is 8.40. The fourth-order valence-electron chi connectivity index (χ4n) is 4.45. The van der Waals surface area contributed by atoms with Crippen LogP contribution < -0.4 is 0 Å². The van der Waals surface area contributed by atoms with Crippen LogP contribution in [0.3, 0.4) is 0 Å². The highest BCUT2D eigenvalue weighted by Gasteiger charge is 2.38. The molecule has 1 aromatic carbocycles. The van der Waals surface area contributed by atoms with Crippen LogP contribution >= 0.6 is 0 Å². The number of likely N-dealkylation sites (tertiary alicyclic amines) is 2. The summed E-state index contributed by atoms with van der Waals surface area (Å²) in [6.45, 7) is 3.48. The monoisotopic (exact) mass is 372 g/mol. The van der Waals surface area contributed by atoms with Gasteiger partial charge in [0.1, 0.15) is 6.04 Å². The molecule has 0 N–H and O–H groups in total. The van der Waals surface area contributed by atoms with Gasteiger partial charge in [0.05, 0.1) is 19.6 Å². The summed E-state index contributed by atoms with van der Waals surface area (Å²) in [5, 5.41) is 0. The number of amides is 2. The van der Waals surface area contributed by atoms with Crippen molar-refractivity contribution in [1.82, 2.24) is 9.80 Å². The van der Waals surface area contributed by atoms with Crippen molar-refractivity contribution in [2.45, 2.75) is 44.4 Å². The summed E-state index contributed by atoms with van der Waals surface area (Å²) in [7, 11) is 0. The van der Waals surface area contributed by atoms with Gasteiger partial charge in [-0.3, -0.25) is 9.59 Å². The minimum absolute atomic E-state index is 0.0553. The number of benzene rings is 1. The molecule has 4 rings (SSSR count). The van der Waals surface area contributed by atoms with Gasteiger partial charge in [0.25, 0.3) is 0 Å². The standard InChI is InChI=1S/C21H28N2O4/c24-19(15-16-5-2-1-3-6-16)23-10-4-7-18(23)20(25)22-11-8-17(9-12-22)21-26-13-14-27-21/h1-3,5-6,17-18,21H,4,7-15H2. The van der Waals surface area contributed by atoms with Crippen molar-refractivity contribution < 1.29 is 19.1 Å². The van der Waals surface area contributed by atoms with E-state index in [9.17, 15) is 9.59 Å². The first-order valence-electron chi connectivity index (χ1n) is 10.1. The predicted molar refractivity (Wildman–Crippen MR) is 99.9 cm³/mol. The number of carbonyl (C=O) groups is 2. The van der Waals surface area contributed by atoms with E-state index in [1.807, 2.05) is 35.2 Å². The number of ether oxygens (including phenoxy) is 2. The number of hydrogen-bond acceptors (Lipinski definition) is 4. The number of carbonyl (C=O) groups excluding carboxylic acids is 2. The molecule has 27 heavy (non-hydrogen) atoms. The number of nitrogens with zero attached hydrogens (tertiary/aromatic N) is 2. The van der Waals surface area contributed by atoms with Crippen LogP contribution in [-0.4, -0.2) is 66.8 Å². The lowest BCUT2D eigenvalue weighted by molar-refractivity contribution is -0.146. The largest absolute Gasteiger partial charge is 0.350 e. The zero-order valence-electron chi connectivity index (χ0n) is 15.7. The smallest absolute Gasteiger partial charge is 0.245 e. The van der Waals surface area contributed by atoms with Crippen LogP contribution in [0.5, 0.6) is 0 Å². The van der Waals surface area contributed by atoms with Gasteiger partial charge in [0.2, 0.25) is 11.8 Å². The van der Waals surface area contributed by atoms with Crippen molar-refractivity contribution in [3.05, 3.63) is 35.9 Å². The van der Waals surface area contributed by atoms with Crippen molar-refractivity contribution in [3.63, 3.8) is 0 Å². The number of piperidine rings is 1. The molecule has 1 atom stereocenters. The average Bonchev–Trinajstić information content (AvgIpc) is 3.40. The summed E-state index contributed by atoms with van der Waals surface area (Å²) in [5.41, 5.74) is 0.998. The second-order valence-corrected chi connectivity index (χ2v) is 7.68. The molecule has 0 bridgehead atoms. The molecule has 2 amide bonds. The van der Waals surface area contributed by atoms with Gasteiger partial charge in [-0.1, -0.05) is 30.3 Å². The van der Waals surface area contributed by atoms with Gasteiger partial charge in [0, 0.05) is 25.6 Å². The van der Waals surface area contributed by atoms with Crippen molar-refractivity contribution in [2.75, 3.05) is 32.8 Å². The van der Waals surface area contributed by atoms with Gasteiger partial charge in [0.15, 0.2) is 6.29 Å². The molecule has 3 aliphatic heterocycles. The Kier molecular flexibility index (Phi) is 5.74. The lowest BCUT2D eigenvalue weighted by Gasteiger charge is -2.36. The SMILES string of the molecule is O=C(C1CCCN1C(=O)Cc1ccccc1)N1CCC(C2OCCO2)CC1. The maximum atomic E-state index is 13.1. The normalized spacial score (nSPS) is 24.5. The first-order chi connectivity index (χ1) is 13.2. The van der Waals surface area contributed by atoms with Gasteiger partial charge >= 0.3 is 0 Å². The minimum atomic E-state index is -0.295. The highest BCUT2D eigenvalue weighted by atomic mass is 16.7. The van der Waals surface area contributed by atoms with E-state index in [2.05, 4.69) is 0 Å². The molecule has 1 unspecified atom stereocenters. The summed E-state index contributed by atoms with van der Waals surface area (Å²) < 4.78 is 11.2. The first-order valence-corrected chi connectivity index (χ1v) is 10.1. The van der Waals surface area contributed by atoms with Crippen LogP contribution in [0.15, 0.2) is 30.3 Å². The Labute approximate surface area is 160 Å². The number of rotatable bonds is 4. The van der Waals surface area contributed by atoms with E-state index >= 15 is 0 Å². The highest BCUT2D eigenvalue weighted by molar-refractivity contribution is 5.89. The summed E-state index contributed by atoms with van der Waals surface area (Å²) in [6, 6.07) is 9.46. The Morgan fingerprint density at radius 1 is 0.963 bits per heavy atom. The molecule has 0 saturated carbocycles. The van der Waals surface area contributed by atoms with Gasteiger partial charge in [-0.15, -0.1) is 0 Å². The van der Waals surface area contributed by atoms with Crippen molar-refractivity contribution in [3.8, 4) is 0 Å². The molecule has 3 aliphatic rings. The Morgan fingerprint density at radius 2 is 1.67 bits per heavy atom. The first kappa shape index (κ1) is 18.4. The third kappa shape index (κ3) is 4.17. The fourth-order valence-corrected chi connectivity index (χ4v) is 4.45. The predicted octanol–water partition coefficient (Wildman–Crippen LogP) is 1.83. The maximum absolute atomic E-state index is 13.1. The van der Waals surface area contributed by atoms with E-state index in [0.29, 0.717) is 32.1 Å². The Balaban J connectivity index is 1.33. The Bertz CT molecular complexity index is 651. The second-order valence-electron chi connectivity index (χ2n) is 7.68. The van der Waals surface area contributed by atoms with Gasteiger partial charge < -0.3 is 19.3 Å². The molecule has 3 fully saturated rings. The fraction of sp³-hybridized carbons (Fsp3) is 0.619. The molecular weight excluding hydrogens is 344 g/mol. The molecule has 0 radical (unpaired) electrons. The highest BCUT2D eigenvalue weighted by Crippen LogP contribution is 2.28. The molecular formula is C21H28N2O4. The third-order valence-electron chi connectivity index (χ3n) is 5.94. The summed E-state index contributed by atoms with van der Waals surface area (Å²) in [6.07, 6.45) is 3.74. The average molecular weight is 372 g/mol. The lowest BCUT2D eigenvalue weighted by Crippen LogP contribution is -2.51. The summed E-state index contributed by atoms with van der Waals surface area (Å²) in [4.78, 5) is 29.6. The topological polar surface area (TPSA) is 59.1 Å². The van der Waals surface area contributed by atoms with E-state index in [1.165, 1.54) is 0 Å². The molecule has 3 heterocycles. The molecule has 0 spiro atoms. The van der Waals surface area contributed by atoms with E-state index in [0.717, 1.165) is 44.3 Å². The molecule has 6 nitrogen and oxygen atoms in total. The molecule has 6 heteroatoms. The van der Waals surface area contributed by atoms with Crippen molar-refractivity contribution >= 4 is 11.8 Å². The van der Waals surface area contributed by atoms with Crippen LogP contribution in [0.1, 0.15) is 31.2 Å². The third-order valence-corrected chi connectivity index (χ3v) is 5.94. The van der Waals surface area contributed by atoms with Crippen LogP contribution in [0.25, 0.3) is 0 Å². The number of hydrogen-bond donors (Lipinski definition) is 0. The lowest BCUT2D eigenvalue weighted by atomic mass is 9.95. The van der Waals surface area contributed by atoms with Gasteiger partial charge in [-0.05, 0) is 31.2 Å². The van der Waals surface area contributed by atoms with E-state index in [4.69, 9.17) is 9.47 Å². The molecule has 0 aromatic heterocycles. The zero-order valence-corrected chi connectivity index (χ0v) is 15.7. The van der Waals surface area contributed by atoms with Crippen LogP contribution in [-0.2, 0) is 25.5 Å². The van der Waals surface area contributed by atoms with Crippen molar-refractivity contribution in [2.24, 2.45) is 5.92 Å². The molecule has 3 saturated heterocycles. The van der Waals surface area contributed by atoms with Crippen LogP contribution in [0.2, 0.25) is 0 Å². The summed E-state index contributed by atoms with van der Waals surface area (Å²) >= 11 is 0. The molecule has 0 aliphatic carbocycles. The van der Waals surface area contributed by atoms with E-state index < -0.39 is 0 Å². The minimum Gasteiger partial charge on any atom is -0.350 e. The Morgan fingerprint density at radius 3 is 2.37 bits per heavy atom. The molecule has 146 valence electrons.